The Balaban J connectivity index is 1.93. The molecule has 17 heavy (non-hydrogen) atoms. The molecule has 2 bridgehead atoms. The van der Waals surface area contributed by atoms with Gasteiger partial charge in [0.2, 0.25) is 11.8 Å². The highest BCUT2D eigenvalue weighted by Gasteiger charge is 2.62. The molecule has 2 amide bonds. The van der Waals surface area contributed by atoms with E-state index in [-0.39, 0.29) is 23.7 Å². The van der Waals surface area contributed by atoms with Gasteiger partial charge in [0.05, 0.1) is 11.8 Å². The molecule has 5 atom stereocenters. The maximum absolute atomic E-state index is 12.2. The van der Waals surface area contributed by atoms with Crippen molar-refractivity contribution in [2.75, 3.05) is 0 Å². The lowest BCUT2D eigenvalue weighted by Crippen LogP contribution is -2.44. The summed E-state index contributed by atoms with van der Waals surface area (Å²) in [4.78, 5) is 36.3. The van der Waals surface area contributed by atoms with Crippen molar-refractivity contribution in [1.29, 1.82) is 0 Å². The SMILES string of the molecule is C[C@H](C(=O)O)N1C(=O)[C@H]2[C@H]3CC[C@@H](C3)[C@@H]2C1=O. The van der Waals surface area contributed by atoms with Crippen LogP contribution in [0.3, 0.4) is 0 Å². The Kier molecular flexibility index (Phi) is 2.09. The van der Waals surface area contributed by atoms with Crippen molar-refractivity contribution in [3.05, 3.63) is 0 Å². The highest BCUT2D eigenvalue weighted by atomic mass is 16.4. The zero-order chi connectivity index (χ0) is 12.3. The second-order valence-corrected chi connectivity index (χ2v) is 5.45. The summed E-state index contributed by atoms with van der Waals surface area (Å²) < 4.78 is 0. The van der Waals surface area contributed by atoms with Gasteiger partial charge >= 0.3 is 5.97 Å². The summed E-state index contributed by atoms with van der Waals surface area (Å²) in [5.41, 5.74) is 0. The number of hydrogen-bond donors (Lipinski definition) is 1. The normalized spacial score (nSPS) is 40.9. The first-order valence-electron chi connectivity index (χ1n) is 6.12. The van der Waals surface area contributed by atoms with E-state index in [1.54, 1.807) is 0 Å². The molecule has 0 radical (unpaired) electrons. The van der Waals surface area contributed by atoms with E-state index in [0.29, 0.717) is 11.8 Å². The number of carboxylic acids is 1. The predicted molar refractivity (Wildman–Crippen MR) is 56.8 cm³/mol. The number of amides is 2. The number of carbonyl (C=O) groups is 3. The molecular formula is C12H15NO4. The Morgan fingerprint density at radius 3 is 2.12 bits per heavy atom. The van der Waals surface area contributed by atoms with E-state index in [0.717, 1.165) is 24.2 Å². The van der Waals surface area contributed by atoms with E-state index in [4.69, 9.17) is 5.11 Å². The zero-order valence-corrected chi connectivity index (χ0v) is 9.63. The van der Waals surface area contributed by atoms with E-state index < -0.39 is 12.0 Å². The van der Waals surface area contributed by atoms with Gasteiger partial charge < -0.3 is 5.11 Å². The van der Waals surface area contributed by atoms with Crippen molar-refractivity contribution in [1.82, 2.24) is 4.90 Å². The molecule has 3 fully saturated rings. The van der Waals surface area contributed by atoms with Crippen LogP contribution >= 0.6 is 0 Å². The number of imide groups is 1. The third-order valence-corrected chi connectivity index (χ3v) is 4.71. The molecular weight excluding hydrogens is 222 g/mol. The maximum atomic E-state index is 12.2. The Morgan fingerprint density at radius 2 is 1.71 bits per heavy atom. The number of rotatable bonds is 2. The van der Waals surface area contributed by atoms with Gasteiger partial charge in [-0.1, -0.05) is 0 Å². The molecule has 1 saturated heterocycles. The van der Waals surface area contributed by atoms with Crippen molar-refractivity contribution >= 4 is 17.8 Å². The molecule has 0 aromatic heterocycles. The molecule has 0 aromatic rings. The molecule has 0 unspecified atom stereocenters. The topological polar surface area (TPSA) is 74.7 Å². The first kappa shape index (κ1) is 10.7. The lowest BCUT2D eigenvalue weighted by atomic mass is 9.81. The summed E-state index contributed by atoms with van der Waals surface area (Å²) in [6, 6.07) is -1.03. The number of aliphatic carboxylic acids is 1. The molecule has 0 aromatic carbocycles. The smallest absolute Gasteiger partial charge is 0.326 e. The standard InChI is InChI=1S/C12H15NO4/c1-5(12(16)17)13-10(14)8-6-2-3-7(4-6)9(8)11(13)15/h5-9H,2-4H2,1H3,(H,16,17)/t5-,6+,7+,8+,9+/m1/s1. The largest absolute Gasteiger partial charge is 0.480 e. The number of fused-ring (bicyclic) bond motifs is 5. The van der Waals surface area contributed by atoms with Crippen molar-refractivity contribution in [2.45, 2.75) is 32.2 Å². The molecule has 5 heteroatoms. The summed E-state index contributed by atoms with van der Waals surface area (Å²) in [6.45, 7) is 1.40. The average molecular weight is 237 g/mol. The molecule has 1 heterocycles. The van der Waals surface area contributed by atoms with Gasteiger partial charge in [-0.15, -0.1) is 0 Å². The molecule has 1 aliphatic heterocycles. The summed E-state index contributed by atoms with van der Waals surface area (Å²) >= 11 is 0. The average Bonchev–Trinajstić information content (AvgIpc) is 2.92. The van der Waals surface area contributed by atoms with Crippen LogP contribution in [0.1, 0.15) is 26.2 Å². The van der Waals surface area contributed by atoms with Crippen LogP contribution in [0.2, 0.25) is 0 Å². The monoisotopic (exact) mass is 237 g/mol. The van der Waals surface area contributed by atoms with Gasteiger partial charge in [-0.25, -0.2) is 4.79 Å². The first-order valence-corrected chi connectivity index (χ1v) is 6.12. The Hall–Kier alpha value is -1.39. The van der Waals surface area contributed by atoms with Gasteiger partial charge in [-0.2, -0.15) is 0 Å². The quantitative estimate of drug-likeness (QED) is 0.709. The Bertz CT molecular complexity index is 391. The molecule has 0 spiro atoms. The fraction of sp³-hybridized carbons (Fsp3) is 0.750. The number of nitrogens with zero attached hydrogens (tertiary/aromatic N) is 1. The van der Waals surface area contributed by atoms with Crippen LogP contribution in [0.15, 0.2) is 0 Å². The van der Waals surface area contributed by atoms with Crippen molar-refractivity contribution in [3.8, 4) is 0 Å². The number of likely N-dealkylation sites (tertiary alicyclic amines) is 1. The number of carbonyl (C=O) groups excluding carboxylic acids is 2. The summed E-state index contributed by atoms with van der Waals surface area (Å²) in [7, 11) is 0. The van der Waals surface area contributed by atoms with Gasteiger partial charge in [-0.3, -0.25) is 14.5 Å². The van der Waals surface area contributed by atoms with Crippen LogP contribution in [0, 0.1) is 23.7 Å². The van der Waals surface area contributed by atoms with Crippen LogP contribution in [0.5, 0.6) is 0 Å². The fourth-order valence-corrected chi connectivity index (χ4v) is 3.92. The predicted octanol–water partition coefficient (Wildman–Crippen LogP) is 0.491. The maximum Gasteiger partial charge on any atom is 0.326 e. The minimum Gasteiger partial charge on any atom is -0.480 e. The van der Waals surface area contributed by atoms with Crippen LogP contribution in [-0.2, 0) is 14.4 Å². The molecule has 1 N–H and O–H groups in total. The van der Waals surface area contributed by atoms with Gasteiger partial charge in [-0.05, 0) is 38.0 Å². The van der Waals surface area contributed by atoms with Crippen LogP contribution in [0.25, 0.3) is 0 Å². The van der Waals surface area contributed by atoms with E-state index in [1.807, 2.05) is 0 Å². The number of carboxylic acid groups (broad SMARTS) is 1. The van der Waals surface area contributed by atoms with Gasteiger partial charge in [0.1, 0.15) is 6.04 Å². The lowest BCUT2D eigenvalue weighted by molar-refractivity contribution is -0.154. The van der Waals surface area contributed by atoms with Crippen LogP contribution in [0.4, 0.5) is 0 Å². The molecule has 3 aliphatic rings. The third kappa shape index (κ3) is 1.22. The highest BCUT2D eigenvalue weighted by Crippen LogP contribution is 2.56. The second-order valence-electron chi connectivity index (χ2n) is 5.45. The van der Waals surface area contributed by atoms with Crippen LogP contribution < -0.4 is 0 Å². The number of hydrogen-bond acceptors (Lipinski definition) is 3. The molecule has 92 valence electrons. The fourth-order valence-electron chi connectivity index (χ4n) is 3.92. The van der Waals surface area contributed by atoms with E-state index in [9.17, 15) is 14.4 Å². The van der Waals surface area contributed by atoms with Crippen molar-refractivity contribution in [3.63, 3.8) is 0 Å². The third-order valence-electron chi connectivity index (χ3n) is 4.71. The summed E-state index contributed by atoms with van der Waals surface area (Å²) in [6.07, 6.45) is 3.00. The molecule has 5 nitrogen and oxygen atoms in total. The zero-order valence-electron chi connectivity index (χ0n) is 9.63. The molecule has 2 aliphatic carbocycles. The van der Waals surface area contributed by atoms with Gasteiger partial charge in [0.15, 0.2) is 0 Å². The first-order chi connectivity index (χ1) is 8.02. The van der Waals surface area contributed by atoms with Crippen molar-refractivity contribution < 1.29 is 19.5 Å². The molecule has 2 saturated carbocycles. The van der Waals surface area contributed by atoms with E-state index in [1.165, 1.54) is 6.92 Å². The summed E-state index contributed by atoms with van der Waals surface area (Å²) in [5, 5.41) is 8.94. The Labute approximate surface area is 98.8 Å². The molecule has 3 rings (SSSR count). The minimum absolute atomic E-state index is 0.219. The van der Waals surface area contributed by atoms with E-state index >= 15 is 0 Å². The van der Waals surface area contributed by atoms with Gasteiger partial charge in [0.25, 0.3) is 0 Å². The second kappa shape index (κ2) is 3.31. The lowest BCUT2D eigenvalue weighted by Gasteiger charge is -2.20. The van der Waals surface area contributed by atoms with Gasteiger partial charge in [0, 0.05) is 0 Å². The van der Waals surface area contributed by atoms with Crippen LogP contribution in [-0.4, -0.2) is 33.8 Å². The minimum atomic E-state index is -1.11. The Morgan fingerprint density at radius 1 is 1.24 bits per heavy atom. The van der Waals surface area contributed by atoms with E-state index in [2.05, 4.69) is 0 Å². The summed E-state index contributed by atoms with van der Waals surface area (Å²) in [5.74, 6) is -1.42. The highest BCUT2D eigenvalue weighted by molar-refractivity contribution is 6.08. The van der Waals surface area contributed by atoms with Crippen molar-refractivity contribution in [2.24, 2.45) is 23.7 Å².